The van der Waals surface area contributed by atoms with Crippen LogP contribution in [0, 0.1) is 5.82 Å². The average Bonchev–Trinajstić information content (AvgIpc) is 2.48. The third kappa shape index (κ3) is 3.95. The lowest BCUT2D eigenvalue weighted by Gasteiger charge is -2.23. The summed E-state index contributed by atoms with van der Waals surface area (Å²) < 4.78 is 40.0. The first kappa shape index (κ1) is 18.0. The largest absolute Gasteiger partial charge is 0.279 e. The van der Waals surface area contributed by atoms with E-state index in [0.29, 0.717) is 4.31 Å². The Morgan fingerprint density at radius 3 is 2.30 bits per heavy atom. The van der Waals surface area contributed by atoms with Crippen LogP contribution >= 0.6 is 34.8 Å². The molecule has 0 amide bonds. The van der Waals surface area contributed by atoms with Gasteiger partial charge in [0.2, 0.25) is 5.24 Å². The van der Waals surface area contributed by atoms with Gasteiger partial charge in [-0.2, -0.15) is 0 Å². The Morgan fingerprint density at radius 2 is 1.74 bits per heavy atom. The molecule has 23 heavy (non-hydrogen) atoms. The average molecular weight is 397 g/mol. The maximum absolute atomic E-state index is 14.0. The molecular formula is C14H9Cl3FNO3S. The van der Waals surface area contributed by atoms with Crippen molar-refractivity contribution in [2.45, 2.75) is 4.90 Å². The minimum atomic E-state index is -4.27. The standard InChI is InChI=1S/C14H9Cl3FNO3S/c15-10-6-5-9(7-11(10)16)23(21,22)19(8-14(17)20)13-4-2-1-3-12(13)18/h1-7H,8H2. The van der Waals surface area contributed by atoms with Gasteiger partial charge in [0, 0.05) is 0 Å². The van der Waals surface area contributed by atoms with Crippen molar-refractivity contribution in [3.63, 3.8) is 0 Å². The van der Waals surface area contributed by atoms with Crippen LogP contribution in [0.4, 0.5) is 10.1 Å². The zero-order valence-electron chi connectivity index (χ0n) is 11.3. The Balaban J connectivity index is 2.60. The van der Waals surface area contributed by atoms with Gasteiger partial charge >= 0.3 is 0 Å². The molecule has 0 saturated heterocycles. The van der Waals surface area contributed by atoms with Crippen LogP contribution in [0.25, 0.3) is 0 Å². The number of benzene rings is 2. The number of carbonyl (C=O) groups excluding carboxylic acids is 1. The molecule has 2 aromatic rings. The van der Waals surface area contributed by atoms with Gasteiger partial charge in [-0.05, 0) is 41.9 Å². The second kappa shape index (κ2) is 7.05. The first-order valence-corrected chi connectivity index (χ1v) is 8.71. The quantitative estimate of drug-likeness (QED) is 0.715. The summed E-state index contributed by atoms with van der Waals surface area (Å²) in [7, 11) is -4.27. The molecular weight excluding hydrogens is 388 g/mol. The summed E-state index contributed by atoms with van der Waals surface area (Å²) in [6.45, 7) is -0.731. The van der Waals surface area contributed by atoms with E-state index in [0.717, 1.165) is 12.1 Å². The molecule has 2 rings (SSSR count). The molecule has 0 aliphatic carbocycles. The first-order chi connectivity index (χ1) is 10.7. The summed E-state index contributed by atoms with van der Waals surface area (Å²) in [5.41, 5.74) is -0.299. The number of nitrogens with zero attached hydrogens (tertiary/aromatic N) is 1. The van der Waals surface area contributed by atoms with Gasteiger partial charge in [-0.1, -0.05) is 35.3 Å². The summed E-state index contributed by atoms with van der Waals surface area (Å²) in [6.07, 6.45) is 0. The van der Waals surface area contributed by atoms with Crippen LogP contribution in [0.3, 0.4) is 0 Å². The Morgan fingerprint density at radius 1 is 1.09 bits per heavy atom. The topological polar surface area (TPSA) is 54.5 Å². The second-order valence-corrected chi connectivity index (χ2v) is 7.49. The molecule has 0 spiro atoms. The van der Waals surface area contributed by atoms with E-state index in [2.05, 4.69) is 0 Å². The van der Waals surface area contributed by atoms with E-state index < -0.39 is 27.6 Å². The minimum Gasteiger partial charge on any atom is -0.279 e. The maximum Gasteiger partial charge on any atom is 0.264 e. The highest BCUT2D eigenvalue weighted by Gasteiger charge is 2.29. The molecule has 4 nitrogen and oxygen atoms in total. The maximum atomic E-state index is 14.0. The third-order valence-electron chi connectivity index (χ3n) is 2.87. The molecule has 0 aliphatic rings. The van der Waals surface area contributed by atoms with Crippen molar-refractivity contribution < 1.29 is 17.6 Å². The number of anilines is 1. The molecule has 0 unspecified atom stereocenters. The molecule has 9 heteroatoms. The molecule has 0 atom stereocenters. The zero-order valence-corrected chi connectivity index (χ0v) is 14.4. The van der Waals surface area contributed by atoms with Crippen LogP contribution in [-0.2, 0) is 14.8 Å². The third-order valence-corrected chi connectivity index (χ3v) is 5.48. The predicted molar refractivity (Wildman–Crippen MR) is 88.3 cm³/mol. The molecule has 0 heterocycles. The fraction of sp³-hybridized carbons (Fsp3) is 0.0714. The lowest BCUT2D eigenvalue weighted by atomic mass is 10.3. The van der Waals surface area contributed by atoms with E-state index >= 15 is 0 Å². The normalized spacial score (nSPS) is 11.3. The van der Waals surface area contributed by atoms with E-state index in [1.54, 1.807) is 0 Å². The Hall–Kier alpha value is -1.34. The zero-order chi connectivity index (χ0) is 17.2. The smallest absolute Gasteiger partial charge is 0.264 e. The van der Waals surface area contributed by atoms with Crippen LogP contribution in [0.5, 0.6) is 0 Å². The molecule has 122 valence electrons. The first-order valence-electron chi connectivity index (χ1n) is 6.14. The molecule has 0 aromatic heterocycles. The highest BCUT2D eigenvalue weighted by atomic mass is 35.5. The summed E-state index contributed by atoms with van der Waals surface area (Å²) >= 11 is 16.9. The van der Waals surface area contributed by atoms with Gasteiger partial charge in [-0.15, -0.1) is 0 Å². The van der Waals surface area contributed by atoms with Crippen molar-refractivity contribution in [3.05, 3.63) is 58.3 Å². The van der Waals surface area contributed by atoms with Crippen LogP contribution in [0.15, 0.2) is 47.4 Å². The second-order valence-electron chi connectivity index (χ2n) is 4.39. The predicted octanol–water partition coefficient (Wildman–Crippen LogP) is 4.09. The van der Waals surface area contributed by atoms with Crippen molar-refractivity contribution in [3.8, 4) is 0 Å². The van der Waals surface area contributed by atoms with Crippen molar-refractivity contribution >= 4 is 55.8 Å². The van der Waals surface area contributed by atoms with Crippen molar-refractivity contribution in [1.82, 2.24) is 0 Å². The molecule has 0 N–H and O–H groups in total. The van der Waals surface area contributed by atoms with Crippen LogP contribution < -0.4 is 4.31 Å². The number of hydrogen-bond donors (Lipinski definition) is 0. The van der Waals surface area contributed by atoms with Gasteiger partial charge in [0.15, 0.2) is 0 Å². The Bertz CT molecular complexity index is 858. The number of para-hydroxylation sites is 1. The SMILES string of the molecule is O=C(Cl)CN(c1ccccc1F)S(=O)(=O)c1ccc(Cl)c(Cl)c1. The van der Waals surface area contributed by atoms with Gasteiger partial charge in [-0.3, -0.25) is 9.10 Å². The lowest BCUT2D eigenvalue weighted by Crippen LogP contribution is -2.35. The van der Waals surface area contributed by atoms with Crippen LogP contribution in [0.1, 0.15) is 0 Å². The van der Waals surface area contributed by atoms with Crippen molar-refractivity contribution in [2.24, 2.45) is 0 Å². The molecule has 2 aromatic carbocycles. The molecule has 0 fully saturated rings. The number of sulfonamides is 1. The fourth-order valence-corrected chi connectivity index (χ4v) is 3.84. The van der Waals surface area contributed by atoms with E-state index in [4.69, 9.17) is 34.8 Å². The molecule has 0 radical (unpaired) electrons. The van der Waals surface area contributed by atoms with Gasteiger partial charge in [0.05, 0.1) is 20.6 Å². The van der Waals surface area contributed by atoms with Gasteiger partial charge in [0.1, 0.15) is 12.4 Å². The van der Waals surface area contributed by atoms with E-state index in [1.807, 2.05) is 0 Å². The van der Waals surface area contributed by atoms with Gasteiger partial charge in [0.25, 0.3) is 10.0 Å². The van der Waals surface area contributed by atoms with Crippen LogP contribution in [-0.4, -0.2) is 20.2 Å². The van der Waals surface area contributed by atoms with Gasteiger partial charge < -0.3 is 0 Å². The van der Waals surface area contributed by atoms with Crippen LogP contribution in [0.2, 0.25) is 10.0 Å². The summed E-state index contributed by atoms with van der Waals surface area (Å²) in [6, 6.07) is 8.75. The van der Waals surface area contributed by atoms with E-state index in [9.17, 15) is 17.6 Å². The highest BCUT2D eigenvalue weighted by Crippen LogP contribution is 2.30. The van der Waals surface area contributed by atoms with E-state index in [-0.39, 0.29) is 20.6 Å². The summed E-state index contributed by atoms with van der Waals surface area (Å²) in [5, 5.41) is -0.785. The highest BCUT2D eigenvalue weighted by molar-refractivity contribution is 7.92. The van der Waals surface area contributed by atoms with E-state index in [1.165, 1.54) is 30.3 Å². The van der Waals surface area contributed by atoms with Gasteiger partial charge in [-0.25, -0.2) is 12.8 Å². The Kier molecular flexibility index (Phi) is 5.52. The number of hydrogen-bond acceptors (Lipinski definition) is 3. The fourth-order valence-electron chi connectivity index (χ4n) is 1.83. The summed E-state index contributed by atoms with van der Waals surface area (Å²) in [4.78, 5) is 11.0. The lowest BCUT2D eigenvalue weighted by molar-refractivity contribution is -0.110. The molecule has 0 bridgehead atoms. The molecule has 0 saturated carbocycles. The monoisotopic (exact) mass is 395 g/mol. The van der Waals surface area contributed by atoms with Crippen molar-refractivity contribution in [1.29, 1.82) is 0 Å². The summed E-state index contributed by atoms with van der Waals surface area (Å²) in [5.74, 6) is -0.811. The Labute approximate surface area is 147 Å². The van der Waals surface area contributed by atoms with Crippen molar-refractivity contribution in [2.75, 3.05) is 10.8 Å². The molecule has 0 aliphatic heterocycles. The number of rotatable bonds is 5. The number of carbonyl (C=O) groups is 1. The minimum absolute atomic E-state index is 0.0124. The number of halogens is 4.